The molecular formula is C30H24ClNO5. The van der Waals surface area contributed by atoms with Crippen LogP contribution in [0.15, 0.2) is 83.0 Å². The zero-order chi connectivity index (χ0) is 26.0. The average Bonchev–Trinajstić information content (AvgIpc) is 3.13. The van der Waals surface area contributed by atoms with Crippen molar-refractivity contribution in [3.05, 3.63) is 99.1 Å². The van der Waals surface area contributed by atoms with Gasteiger partial charge >= 0.3 is 0 Å². The molecular weight excluding hydrogens is 490 g/mol. The number of halogens is 1. The number of ketones is 2. The molecule has 4 unspecified atom stereocenters. The number of fused-ring (bicyclic) bond motifs is 3. The third-order valence-electron chi connectivity index (χ3n) is 8.14. The molecule has 0 spiro atoms. The molecule has 2 amide bonds. The van der Waals surface area contributed by atoms with Crippen molar-refractivity contribution < 1.29 is 24.3 Å². The highest BCUT2D eigenvalue weighted by Gasteiger charge is 2.56. The molecule has 186 valence electrons. The van der Waals surface area contributed by atoms with Crippen molar-refractivity contribution in [1.29, 1.82) is 0 Å². The minimum absolute atomic E-state index is 0.0445. The van der Waals surface area contributed by atoms with Crippen LogP contribution in [0.5, 0.6) is 5.75 Å². The molecule has 1 heterocycles. The van der Waals surface area contributed by atoms with Crippen molar-refractivity contribution in [3.63, 3.8) is 0 Å². The van der Waals surface area contributed by atoms with Crippen LogP contribution in [0, 0.1) is 17.8 Å². The molecule has 37 heavy (non-hydrogen) atoms. The summed E-state index contributed by atoms with van der Waals surface area (Å²) in [7, 11) is 0. The fraction of sp³-hybridized carbons (Fsp3) is 0.267. The van der Waals surface area contributed by atoms with Crippen molar-refractivity contribution in [1.82, 2.24) is 4.90 Å². The summed E-state index contributed by atoms with van der Waals surface area (Å²) >= 11 is 6.29. The van der Waals surface area contributed by atoms with E-state index in [1.54, 1.807) is 19.1 Å². The standard InChI is InChI=1S/C30H24ClNO5/c1-15-11-24(34)22-13-20-18(25(27(22)28(15)35)21-12-17(31)7-10-23(21)33)8-9-19-26(20)30(37)32(29(19)36)14-16-5-3-2-4-6-16/h2-8,10-12,19-20,25-26,33H,9,13-14H2,1H3. The number of carbonyl (C=O) groups is 4. The minimum atomic E-state index is -0.723. The predicted molar refractivity (Wildman–Crippen MR) is 136 cm³/mol. The lowest BCUT2D eigenvalue weighted by Crippen LogP contribution is -2.39. The van der Waals surface area contributed by atoms with Crippen LogP contribution in [0.3, 0.4) is 0 Å². The van der Waals surface area contributed by atoms with Gasteiger partial charge in [0.25, 0.3) is 0 Å². The van der Waals surface area contributed by atoms with Crippen LogP contribution in [-0.4, -0.2) is 33.4 Å². The van der Waals surface area contributed by atoms with Crippen LogP contribution >= 0.6 is 11.6 Å². The van der Waals surface area contributed by atoms with Crippen LogP contribution in [0.25, 0.3) is 0 Å². The molecule has 2 aromatic rings. The first kappa shape index (κ1) is 23.6. The Hall–Kier alpha value is -3.77. The van der Waals surface area contributed by atoms with Crippen molar-refractivity contribution in [3.8, 4) is 5.75 Å². The lowest BCUT2D eigenvalue weighted by atomic mass is 9.59. The SMILES string of the molecule is CC1=CC(=O)C2=C(C1=O)C(c1cc(Cl)ccc1O)C1=CCC3C(=O)N(Cc4ccccc4)C(=O)C3C1C2. The number of Topliss-reactive ketones (excluding diaryl/α,β-unsaturated/α-hetero) is 1. The zero-order valence-electron chi connectivity index (χ0n) is 20.1. The van der Waals surface area contributed by atoms with Gasteiger partial charge in [-0.1, -0.05) is 53.6 Å². The van der Waals surface area contributed by atoms with Gasteiger partial charge in [-0.2, -0.15) is 0 Å². The van der Waals surface area contributed by atoms with Gasteiger partial charge in [0.2, 0.25) is 11.8 Å². The molecule has 0 radical (unpaired) electrons. The number of hydrogen-bond donors (Lipinski definition) is 1. The molecule has 0 aromatic heterocycles. The van der Waals surface area contributed by atoms with E-state index >= 15 is 0 Å². The Kier molecular flexibility index (Phi) is 5.53. The Morgan fingerprint density at radius 1 is 1.00 bits per heavy atom. The number of carbonyl (C=O) groups excluding carboxylic acids is 4. The highest BCUT2D eigenvalue weighted by Crippen LogP contribution is 2.56. The molecule has 2 aromatic carbocycles. The second-order valence-electron chi connectivity index (χ2n) is 10.2. The topological polar surface area (TPSA) is 91.8 Å². The van der Waals surface area contributed by atoms with Gasteiger partial charge in [0.1, 0.15) is 5.75 Å². The Bertz CT molecular complexity index is 1480. The Morgan fingerprint density at radius 3 is 2.51 bits per heavy atom. The first-order valence-electron chi connectivity index (χ1n) is 12.3. The van der Waals surface area contributed by atoms with Crippen molar-refractivity contribution in [2.24, 2.45) is 17.8 Å². The van der Waals surface area contributed by atoms with Crippen molar-refractivity contribution >= 4 is 35.0 Å². The van der Waals surface area contributed by atoms with Gasteiger partial charge in [-0.3, -0.25) is 24.1 Å². The number of hydrogen-bond acceptors (Lipinski definition) is 5. The fourth-order valence-corrected chi connectivity index (χ4v) is 6.64. The van der Waals surface area contributed by atoms with Crippen LogP contribution < -0.4 is 0 Å². The molecule has 6 rings (SSSR count). The highest BCUT2D eigenvalue weighted by atomic mass is 35.5. The van der Waals surface area contributed by atoms with E-state index in [-0.39, 0.29) is 42.1 Å². The molecule has 4 atom stereocenters. The van der Waals surface area contributed by atoms with E-state index in [1.807, 2.05) is 36.4 Å². The summed E-state index contributed by atoms with van der Waals surface area (Å²) in [6.07, 6.45) is 3.83. The number of allylic oxidation sites excluding steroid dienone is 6. The largest absolute Gasteiger partial charge is 0.508 e. The maximum Gasteiger partial charge on any atom is 0.234 e. The number of likely N-dealkylation sites (tertiary alicyclic amines) is 1. The smallest absolute Gasteiger partial charge is 0.234 e. The monoisotopic (exact) mass is 513 g/mol. The molecule has 6 nitrogen and oxygen atoms in total. The minimum Gasteiger partial charge on any atom is -0.508 e. The average molecular weight is 514 g/mol. The van der Waals surface area contributed by atoms with E-state index in [2.05, 4.69) is 0 Å². The van der Waals surface area contributed by atoms with Crippen molar-refractivity contribution in [2.45, 2.75) is 32.2 Å². The maximum atomic E-state index is 13.8. The van der Waals surface area contributed by atoms with E-state index in [1.165, 1.54) is 17.0 Å². The van der Waals surface area contributed by atoms with Gasteiger partial charge in [0.05, 0.1) is 18.4 Å². The molecule has 4 aliphatic rings. The zero-order valence-corrected chi connectivity index (χ0v) is 20.9. The second kappa shape index (κ2) is 8.67. The molecule has 1 aliphatic heterocycles. The number of phenols is 1. The predicted octanol–water partition coefficient (Wildman–Crippen LogP) is 4.68. The molecule has 1 fully saturated rings. The molecule has 1 saturated heterocycles. The van der Waals surface area contributed by atoms with Gasteiger partial charge < -0.3 is 5.11 Å². The molecule has 7 heteroatoms. The van der Waals surface area contributed by atoms with E-state index in [0.29, 0.717) is 33.7 Å². The molecule has 3 aliphatic carbocycles. The summed E-state index contributed by atoms with van der Waals surface area (Å²) in [5, 5.41) is 11.2. The van der Waals surface area contributed by atoms with E-state index < -0.39 is 23.7 Å². The van der Waals surface area contributed by atoms with Crippen LogP contribution in [-0.2, 0) is 25.7 Å². The molecule has 0 saturated carbocycles. The van der Waals surface area contributed by atoms with Gasteiger partial charge in [0.15, 0.2) is 11.6 Å². The lowest BCUT2D eigenvalue weighted by molar-refractivity contribution is -0.140. The summed E-state index contributed by atoms with van der Waals surface area (Å²) < 4.78 is 0. The first-order valence-corrected chi connectivity index (χ1v) is 12.7. The third kappa shape index (κ3) is 3.62. The number of rotatable bonds is 3. The van der Waals surface area contributed by atoms with Gasteiger partial charge in [-0.05, 0) is 55.5 Å². The quantitative estimate of drug-likeness (QED) is 0.365. The number of imide groups is 1. The highest BCUT2D eigenvalue weighted by molar-refractivity contribution is 6.30. The van der Waals surface area contributed by atoms with E-state index in [0.717, 1.165) is 11.1 Å². The summed E-state index contributed by atoms with van der Waals surface area (Å²) in [6, 6.07) is 14.0. The Labute approximate surface area is 218 Å². The first-order chi connectivity index (χ1) is 17.8. The summed E-state index contributed by atoms with van der Waals surface area (Å²) in [5.74, 6) is -3.35. The Morgan fingerprint density at radius 2 is 1.76 bits per heavy atom. The number of amides is 2. The van der Waals surface area contributed by atoms with Crippen LogP contribution in [0.4, 0.5) is 0 Å². The van der Waals surface area contributed by atoms with Gasteiger partial charge in [-0.25, -0.2) is 0 Å². The third-order valence-corrected chi connectivity index (χ3v) is 8.38. The summed E-state index contributed by atoms with van der Waals surface area (Å²) in [4.78, 5) is 55.1. The number of nitrogens with zero attached hydrogens (tertiary/aromatic N) is 1. The van der Waals surface area contributed by atoms with Crippen LogP contribution in [0.1, 0.15) is 36.8 Å². The number of phenolic OH excluding ortho intramolecular Hbond substituents is 1. The fourth-order valence-electron chi connectivity index (χ4n) is 6.46. The number of aromatic hydroxyl groups is 1. The normalized spacial score (nSPS) is 27.0. The maximum absolute atomic E-state index is 13.8. The number of benzene rings is 2. The molecule has 0 bridgehead atoms. The van der Waals surface area contributed by atoms with Gasteiger partial charge in [0, 0.05) is 33.2 Å². The van der Waals surface area contributed by atoms with E-state index in [9.17, 15) is 24.3 Å². The lowest BCUT2D eigenvalue weighted by Gasteiger charge is -2.42. The van der Waals surface area contributed by atoms with Crippen LogP contribution in [0.2, 0.25) is 5.02 Å². The van der Waals surface area contributed by atoms with Gasteiger partial charge in [-0.15, -0.1) is 0 Å². The van der Waals surface area contributed by atoms with E-state index in [4.69, 9.17) is 11.6 Å². The van der Waals surface area contributed by atoms with Crippen molar-refractivity contribution in [2.75, 3.05) is 0 Å². The second-order valence-corrected chi connectivity index (χ2v) is 10.6. The Balaban J connectivity index is 1.47. The summed E-state index contributed by atoms with van der Waals surface area (Å²) in [5.41, 5.74) is 3.09. The molecule has 1 N–H and O–H groups in total. The summed E-state index contributed by atoms with van der Waals surface area (Å²) in [6.45, 7) is 1.80.